The van der Waals surface area contributed by atoms with Crippen molar-refractivity contribution in [2.24, 2.45) is 5.73 Å². The molecule has 1 aromatic carbocycles. The first kappa shape index (κ1) is 12.3. The van der Waals surface area contributed by atoms with Gasteiger partial charge in [0.05, 0.1) is 6.04 Å². The highest BCUT2D eigenvalue weighted by molar-refractivity contribution is 7.10. The Balaban J connectivity index is 2.22. The van der Waals surface area contributed by atoms with Crippen molar-refractivity contribution in [3.8, 4) is 0 Å². The maximum atomic E-state index is 6.26. The molecule has 0 saturated carbocycles. The molecule has 0 aliphatic rings. The molecule has 1 aromatic heterocycles. The van der Waals surface area contributed by atoms with E-state index in [1.54, 1.807) is 11.3 Å². The third kappa shape index (κ3) is 2.76. The van der Waals surface area contributed by atoms with Crippen molar-refractivity contribution >= 4 is 11.3 Å². The van der Waals surface area contributed by atoms with Crippen LogP contribution in [0.4, 0.5) is 0 Å². The van der Waals surface area contributed by atoms with Crippen molar-refractivity contribution in [2.75, 3.05) is 0 Å². The second-order valence-electron chi connectivity index (χ2n) is 4.79. The van der Waals surface area contributed by atoms with Crippen LogP contribution in [0.15, 0.2) is 35.7 Å². The Hall–Kier alpha value is -1.12. The molecule has 0 fully saturated rings. The number of rotatable bonds is 3. The number of benzene rings is 1. The summed E-state index contributed by atoms with van der Waals surface area (Å²) < 4.78 is 0. The van der Waals surface area contributed by atoms with E-state index in [0.29, 0.717) is 5.92 Å². The molecule has 0 spiro atoms. The molecule has 0 saturated heterocycles. The molecule has 1 atom stereocenters. The molecular weight excluding hydrogens is 226 g/mol. The third-order valence-electron chi connectivity index (χ3n) is 3.07. The molecule has 1 nitrogen and oxygen atoms in total. The van der Waals surface area contributed by atoms with E-state index in [1.807, 2.05) is 0 Å². The highest BCUT2D eigenvalue weighted by atomic mass is 32.1. The Bertz CT molecular complexity index is 482. The number of aryl methyl sites for hydroxylation is 1. The van der Waals surface area contributed by atoms with E-state index in [1.165, 1.54) is 21.6 Å². The SMILES string of the molecule is Cc1cc(C(N)c2ccc(C(C)C)cc2)cs1. The van der Waals surface area contributed by atoms with E-state index in [4.69, 9.17) is 5.73 Å². The molecule has 90 valence electrons. The summed E-state index contributed by atoms with van der Waals surface area (Å²) in [6.45, 7) is 6.52. The zero-order valence-electron chi connectivity index (χ0n) is 10.6. The Morgan fingerprint density at radius 1 is 1.00 bits per heavy atom. The second-order valence-corrected chi connectivity index (χ2v) is 5.91. The highest BCUT2D eigenvalue weighted by Crippen LogP contribution is 2.25. The first-order valence-corrected chi connectivity index (χ1v) is 6.86. The van der Waals surface area contributed by atoms with Crippen LogP contribution in [0.25, 0.3) is 0 Å². The molecule has 0 aliphatic carbocycles. The first-order valence-electron chi connectivity index (χ1n) is 5.98. The van der Waals surface area contributed by atoms with Crippen LogP contribution in [-0.2, 0) is 0 Å². The molecule has 0 aliphatic heterocycles. The van der Waals surface area contributed by atoms with Gasteiger partial charge in [0.25, 0.3) is 0 Å². The lowest BCUT2D eigenvalue weighted by molar-refractivity contribution is 0.849. The second kappa shape index (κ2) is 5.03. The van der Waals surface area contributed by atoms with E-state index in [0.717, 1.165) is 0 Å². The zero-order valence-corrected chi connectivity index (χ0v) is 11.4. The summed E-state index contributed by atoms with van der Waals surface area (Å²) in [7, 11) is 0. The van der Waals surface area contributed by atoms with Crippen molar-refractivity contribution in [3.63, 3.8) is 0 Å². The number of hydrogen-bond acceptors (Lipinski definition) is 2. The van der Waals surface area contributed by atoms with E-state index < -0.39 is 0 Å². The van der Waals surface area contributed by atoms with Gasteiger partial charge in [0.1, 0.15) is 0 Å². The average Bonchev–Trinajstić information content (AvgIpc) is 2.75. The van der Waals surface area contributed by atoms with Crippen LogP contribution in [-0.4, -0.2) is 0 Å². The predicted octanol–water partition coefficient (Wildman–Crippen LogP) is 4.23. The van der Waals surface area contributed by atoms with Crippen LogP contribution in [0.2, 0.25) is 0 Å². The quantitative estimate of drug-likeness (QED) is 0.860. The molecule has 1 unspecified atom stereocenters. The van der Waals surface area contributed by atoms with E-state index >= 15 is 0 Å². The summed E-state index contributed by atoms with van der Waals surface area (Å²) in [6, 6.07) is 10.8. The fourth-order valence-corrected chi connectivity index (χ4v) is 2.65. The van der Waals surface area contributed by atoms with E-state index in [2.05, 4.69) is 56.5 Å². The molecule has 2 rings (SSSR count). The summed E-state index contributed by atoms with van der Waals surface area (Å²) in [5, 5.41) is 2.15. The monoisotopic (exact) mass is 245 g/mol. The van der Waals surface area contributed by atoms with Crippen LogP contribution < -0.4 is 5.73 Å². The van der Waals surface area contributed by atoms with Crippen molar-refractivity contribution in [1.82, 2.24) is 0 Å². The fraction of sp³-hybridized carbons (Fsp3) is 0.333. The van der Waals surface area contributed by atoms with Crippen LogP contribution in [0.5, 0.6) is 0 Å². The summed E-state index contributed by atoms with van der Waals surface area (Å²) >= 11 is 1.76. The molecular formula is C15H19NS. The van der Waals surface area contributed by atoms with Gasteiger partial charge in [-0.15, -0.1) is 11.3 Å². The maximum absolute atomic E-state index is 6.26. The minimum Gasteiger partial charge on any atom is -0.320 e. The van der Waals surface area contributed by atoms with Gasteiger partial charge in [-0.1, -0.05) is 38.1 Å². The van der Waals surface area contributed by atoms with Gasteiger partial charge >= 0.3 is 0 Å². The molecule has 1 heterocycles. The van der Waals surface area contributed by atoms with Crippen molar-refractivity contribution in [2.45, 2.75) is 32.7 Å². The van der Waals surface area contributed by atoms with Gasteiger partial charge in [-0.25, -0.2) is 0 Å². The van der Waals surface area contributed by atoms with Gasteiger partial charge in [-0.05, 0) is 41.0 Å². The summed E-state index contributed by atoms with van der Waals surface area (Å²) in [4.78, 5) is 1.31. The Labute approximate surface area is 107 Å². The van der Waals surface area contributed by atoms with Gasteiger partial charge < -0.3 is 5.73 Å². The fourth-order valence-electron chi connectivity index (χ4n) is 1.91. The average molecular weight is 245 g/mol. The summed E-state index contributed by atoms with van der Waals surface area (Å²) in [6.07, 6.45) is 0. The smallest absolute Gasteiger partial charge is 0.0559 e. The van der Waals surface area contributed by atoms with Crippen LogP contribution in [0.1, 0.15) is 47.4 Å². The van der Waals surface area contributed by atoms with Crippen molar-refractivity contribution in [1.29, 1.82) is 0 Å². The highest BCUT2D eigenvalue weighted by Gasteiger charge is 2.10. The van der Waals surface area contributed by atoms with E-state index in [9.17, 15) is 0 Å². The normalized spacial score (nSPS) is 13.0. The van der Waals surface area contributed by atoms with Gasteiger partial charge in [0, 0.05) is 4.88 Å². The lowest BCUT2D eigenvalue weighted by Gasteiger charge is -2.12. The zero-order chi connectivity index (χ0) is 12.4. The lowest BCUT2D eigenvalue weighted by atomic mass is 9.97. The molecule has 2 heteroatoms. The number of nitrogens with two attached hydrogens (primary N) is 1. The van der Waals surface area contributed by atoms with Crippen molar-refractivity contribution in [3.05, 3.63) is 57.3 Å². The van der Waals surface area contributed by atoms with Crippen LogP contribution in [0.3, 0.4) is 0 Å². The summed E-state index contributed by atoms with van der Waals surface area (Å²) in [5.74, 6) is 0.573. The van der Waals surface area contributed by atoms with Gasteiger partial charge in [0.2, 0.25) is 0 Å². The summed E-state index contributed by atoms with van der Waals surface area (Å²) in [5.41, 5.74) is 10.0. The molecule has 2 N–H and O–H groups in total. The van der Waals surface area contributed by atoms with Gasteiger partial charge in [-0.2, -0.15) is 0 Å². The van der Waals surface area contributed by atoms with Crippen molar-refractivity contribution < 1.29 is 0 Å². The molecule has 0 bridgehead atoms. The molecule has 17 heavy (non-hydrogen) atoms. The Morgan fingerprint density at radius 2 is 1.59 bits per heavy atom. The van der Waals surface area contributed by atoms with Gasteiger partial charge in [-0.3, -0.25) is 0 Å². The minimum atomic E-state index is 0.00108. The Kier molecular flexibility index (Phi) is 3.65. The largest absolute Gasteiger partial charge is 0.320 e. The van der Waals surface area contributed by atoms with E-state index in [-0.39, 0.29) is 6.04 Å². The number of thiophene rings is 1. The predicted molar refractivity (Wildman–Crippen MR) is 75.6 cm³/mol. The molecule has 2 aromatic rings. The van der Waals surface area contributed by atoms with Gasteiger partial charge in [0.15, 0.2) is 0 Å². The standard InChI is InChI=1S/C15H19NS/c1-10(2)12-4-6-13(7-5-12)15(16)14-8-11(3)17-9-14/h4-10,15H,16H2,1-3H3. The third-order valence-corrected chi connectivity index (χ3v) is 3.95. The maximum Gasteiger partial charge on any atom is 0.0559 e. The first-order chi connectivity index (χ1) is 8.08. The minimum absolute atomic E-state index is 0.00108. The van der Waals surface area contributed by atoms with Crippen LogP contribution >= 0.6 is 11.3 Å². The topological polar surface area (TPSA) is 26.0 Å². The Morgan fingerprint density at radius 3 is 2.06 bits per heavy atom. The number of hydrogen-bond donors (Lipinski definition) is 1. The van der Waals surface area contributed by atoms with Crippen LogP contribution in [0, 0.1) is 6.92 Å². The molecule has 0 amide bonds. The molecule has 0 radical (unpaired) electrons. The lowest BCUT2D eigenvalue weighted by Crippen LogP contribution is -2.10.